The summed E-state index contributed by atoms with van der Waals surface area (Å²) in [5.41, 5.74) is -2.80. The Hall–Kier alpha value is -1.32. The van der Waals surface area contributed by atoms with Crippen molar-refractivity contribution in [1.82, 2.24) is 0 Å². The third kappa shape index (κ3) is 9.90. The summed E-state index contributed by atoms with van der Waals surface area (Å²) in [4.78, 5) is 59.9. The number of unbranched alkanes of at least 4 members (excludes halogenated alkanes) is 4. The Morgan fingerprint density at radius 3 is 2.17 bits per heavy atom. The summed E-state index contributed by atoms with van der Waals surface area (Å²) < 4.78 is 5.75. The van der Waals surface area contributed by atoms with E-state index < -0.39 is 34.5 Å². The van der Waals surface area contributed by atoms with Crippen LogP contribution in [0.5, 0.6) is 0 Å². The van der Waals surface area contributed by atoms with Crippen LogP contribution in [0.2, 0.25) is 0 Å². The van der Waals surface area contributed by atoms with Gasteiger partial charge in [-0.1, -0.05) is 87.0 Å². The van der Waals surface area contributed by atoms with Crippen LogP contribution < -0.4 is 0 Å². The van der Waals surface area contributed by atoms with Crippen molar-refractivity contribution in [2.45, 2.75) is 157 Å². The summed E-state index contributed by atoms with van der Waals surface area (Å²) in [6.07, 6.45) is 9.47. The fourth-order valence-corrected chi connectivity index (χ4v) is 6.64. The second-order valence-corrected chi connectivity index (χ2v) is 13.0. The Balaban J connectivity index is 2.81. The van der Waals surface area contributed by atoms with Crippen LogP contribution in [0.1, 0.15) is 139 Å². The molecule has 234 valence electrons. The second kappa shape index (κ2) is 18.3. The average Bonchev–Trinajstić information content (AvgIpc) is 2.90. The van der Waals surface area contributed by atoms with E-state index in [1.54, 1.807) is 11.8 Å². The van der Waals surface area contributed by atoms with E-state index >= 15 is 0 Å². The maximum absolute atomic E-state index is 13.7. The predicted octanol–water partition coefficient (Wildman–Crippen LogP) is 7.91. The van der Waals surface area contributed by atoms with E-state index in [0.29, 0.717) is 38.5 Å². The Morgan fingerprint density at radius 2 is 1.62 bits per heavy atom. The third-order valence-corrected chi connectivity index (χ3v) is 9.49. The number of rotatable bonds is 21. The molecule has 0 aromatic heterocycles. The number of thioether (sulfide) groups is 1. The van der Waals surface area contributed by atoms with Crippen LogP contribution >= 0.6 is 11.8 Å². The molecule has 1 saturated heterocycles. The Labute approximate surface area is 247 Å². The van der Waals surface area contributed by atoms with E-state index in [-0.39, 0.29) is 12.1 Å². The molecule has 1 rings (SSSR count). The monoisotopic (exact) mass is 588 g/mol. The predicted molar refractivity (Wildman–Crippen MR) is 158 cm³/mol. The average molecular weight is 589 g/mol. The molecule has 0 spiro atoms. The highest BCUT2D eigenvalue weighted by molar-refractivity contribution is 7.99. The van der Waals surface area contributed by atoms with Crippen LogP contribution in [-0.2, 0) is 38.7 Å². The first kappa shape index (κ1) is 36.7. The van der Waals surface area contributed by atoms with Crippen LogP contribution in [0.25, 0.3) is 0 Å². The van der Waals surface area contributed by atoms with Crippen LogP contribution in [0.3, 0.4) is 0 Å². The Morgan fingerprint density at radius 1 is 0.925 bits per heavy atom. The molecule has 0 saturated carbocycles. The summed E-state index contributed by atoms with van der Waals surface area (Å²) >= 11 is 1.79. The highest BCUT2D eigenvalue weighted by Crippen LogP contribution is 2.50. The standard InChI is InChI=1S/C31H56O8S/c1-9-14-16-17-21-40-22-19-26(32)35-24(6)23-29(7,8)30(12-4,20-15-10-2)27(33)37-38-28(34)31(13-5)25(18-11-3)36-39-31/h24-25H,9-23H2,1-8H3. The van der Waals surface area contributed by atoms with Gasteiger partial charge in [-0.15, -0.1) is 0 Å². The molecule has 40 heavy (non-hydrogen) atoms. The smallest absolute Gasteiger partial charge is 0.393 e. The molecular formula is C31H56O8S. The van der Waals surface area contributed by atoms with Crippen molar-refractivity contribution in [2.24, 2.45) is 10.8 Å². The lowest BCUT2D eigenvalue weighted by molar-refractivity contribution is -0.502. The zero-order valence-corrected chi connectivity index (χ0v) is 27.3. The lowest BCUT2D eigenvalue weighted by atomic mass is 9.59. The number of carbonyl (C=O) groups excluding carboxylic acids is 3. The van der Waals surface area contributed by atoms with Crippen molar-refractivity contribution in [3.8, 4) is 0 Å². The second-order valence-electron chi connectivity index (χ2n) is 11.8. The molecule has 0 bridgehead atoms. The molecule has 1 heterocycles. The van der Waals surface area contributed by atoms with E-state index in [2.05, 4.69) is 13.8 Å². The Kier molecular flexibility index (Phi) is 16.8. The fraction of sp³-hybridized carbons (Fsp3) is 0.903. The molecule has 9 heteroatoms. The van der Waals surface area contributed by atoms with Crippen molar-refractivity contribution in [2.75, 3.05) is 11.5 Å². The van der Waals surface area contributed by atoms with Gasteiger partial charge >= 0.3 is 17.9 Å². The van der Waals surface area contributed by atoms with Crippen LogP contribution in [0.4, 0.5) is 0 Å². The van der Waals surface area contributed by atoms with Gasteiger partial charge in [0.05, 0.1) is 17.9 Å². The van der Waals surface area contributed by atoms with Crippen molar-refractivity contribution in [3.63, 3.8) is 0 Å². The van der Waals surface area contributed by atoms with Crippen LogP contribution in [0, 0.1) is 10.8 Å². The number of carbonyl (C=O) groups is 3. The maximum Gasteiger partial charge on any atom is 0.393 e. The number of esters is 1. The molecule has 0 aliphatic carbocycles. The SMILES string of the molecule is CCCCCCSCCC(=O)OC(C)CC(C)(C)C(CC)(CCCC)C(=O)OOC(=O)C1(CC)OOC1CCC. The molecule has 4 atom stereocenters. The topological polar surface area (TPSA) is 97.4 Å². The van der Waals surface area contributed by atoms with Crippen molar-refractivity contribution in [1.29, 1.82) is 0 Å². The van der Waals surface area contributed by atoms with Gasteiger partial charge in [-0.3, -0.25) is 4.79 Å². The van der Waals surface area contributed by atoms with Gasteiger partial charge in [-0.25, -0.2) is 29.1 Å². The van der Waals surface area contributed by atoms with Gasteiger partial charge in [-0.2, -0.15) is 11.8 Å². The summed E-state index contributed by atoms with van der Waals surface area (Å²) in [6.45, 7) is 15.9. The van der Waals surface area contributed by atoms with E-state index in [4.69, 9.17) is 24.3 Å². The number of hydrogen-bond acceptors (Lipinski definition) is 9. The minimum absolute atomic E-state index is 0.217. The highest BCUT2D eigenvalue weighted by Gasteiger charge is 2.59. The number of ether oxygens (including phenoxy) is 1. The first-order valence-corrected chi connectivity index (χ1v) is 16.7. The molecule has 0 aromatic carbocycles. The van der Waals surface area contributed by atoms with Crippen molar-refractivity contribution in [3.05, 3.63) is 0 Å². The summed E-state index contributed by atoms with van der Waals surface area (Å²) in [7, 11) is 0. The highest BCUT2D eigenvalue weighted by atomic mass is 32.2. The summed E-state index contributed by atoms with van der Waals surface area (Å²) in [5, 5.41) is 0. The quantitative estimate of drug-likeness (QED) is 0.0573. The maximum atomic E-state index is 13.7. The van der Waals surface area contributed by atoms with Gasteiger partial charge in [0.2, 0.25) is 5.60 Å². The largest absolute Gasteiger partial charge is 0.463 e. The Bertz CT molecular complexity index is 768. The first-order valence-electron chi connectivity index (χ1n) is 15.5. The normalized spacial score (nSPS) is 21.1. The zero-order valence-electron chi connectivity index (χ0n) is 26.4. The minimum Gasteiger partial charge on any atom is -0.463 e. The van der Waals surface area contributed by atoms with Crippen molar-refractivity contribution >= 4 is 29.7 Å². The van der Waals surface area contributed by atoms with Gasteiger partial charge in [-0.05, 0) is 56.6 Å². The molecule has 1 fully saturated rings. The molecule has 1 aliphatic rings. The lowest BCUT2D eigenvalue weighted by Gasteiger charge is -2.45. The van der Waals surface area contributed by atoms with E-state index in [1.165, 1.54) is 25.7 Å². The van der Waals surface area contributed by atoms with Crippen molar-refractivity contribution < 1.29 is 38.7 Å². The van der Waals surface area contributed by atoms with Crippen LogP contribution in [0.15, 0.2) is 0 Å². The molecule has 4 unspecified atom stereocenters. The van der Waals surface area contributed by atoms with Crippen LogP contribution in [-0.4, -0.2) is 47.2 Å². The molecule has 8 nitrogen and oxygen atoms in total. The summed E-state index contributed by atoms with van der Waals surface area (Å²) in [6, 6.07) is 0. The number of hydrogen-bond donors (Lipinski definition) is 0. The molecule has 0 N–H and O–H groups in total. The molecule has 0 radical (unpaired) electrons. The first-order chi connectivity index (χ1) is 19.0. The molecule has 0 aromatic rings. The van der Waals surface area contributed by atoms with Gasteiger partial charge in [0.25, 0.3) is 0 Å². The zero-order chi connectivity index (χ0) is 30.2. The lowest BCUT2D eigenvalue weighted by Crippen LogP contribution is -2.62. The molecule has 1 aliphatic heterocycles. The summed E-state index contributed by atoms with van der Waals surface area (Å²) in [5.74, 6) is 0.263. The molecular weight excluding hydrogens is 532 g/mol. The van der Waals surface area contributed by atoms with Gasteiger partial charge in [0.1, 0.15) is 6.10 Å². The van der Waals surface area contributed by atoms with E-state index in [0.717, 1.165) is 30.8 Å². The van der Waals surface area contributed by atoms with Gasteiger partial charge in [0, 0.05) is 5.75 Å². The third-order valence-electron chi connectivity index (χ3n) is 8.42. The van der Waals surface area contributed by atoms with Gasteiger partial charge in [0.15, 0.2) is 0 Å². The fourth-order valence-electron chi connectivity index (χ4n) is 5.72. The van der Waals surface area contributed by atoms with E-state index in [1.807, 2.05) is 41.5 Å². The van der Waals surface area contributed by atoms with E-state index in [9.17, 15) is 14.4 Å². The molecule has 0 amide bonds. The van der Waals surface area contributed by atoms with Gasteiger partial charge < -0.3 is 4.74 Å². The minimum atomic E-state index is -1.26.